The molecule has 0 aromatic rings. The lowest BCUT2D eigenvalue weighted by Crippen LogP contribution is -2.15. The van der Waals surface area contributed by atoms with Crippen molar-refractivity contribution in [2.45, 2.75) is 39.2 Å². The molecule has 0 amide bonds. The molecule has 1 unspecified atom stereocenters. The molecule has 0 aliphatic carbocycles. The van der Waals surface area contributed by atoms with Crippen LogP contribution in [-0.2, 0) is 27.6 Å². The van der Waals surface area contributed by atoms with Crippen LogP contribution in [0.3, 0.4) is 0 Å². The van der Waals surface area contributed by atoms with E-state index in [4.69, 9.17) is 14.7 Å². The van der Waals surface area contributed by atoms with Crippen molar-refractivity contribution in [3.8, 4) is 0 Å². The van der Waals surface area contributed by atoms with Gasteiger partial charge in [0, 0.05) is 0 Å². The highest BCUT2D eigenvalue weighted by Gasteiger charge is 2.31. The summed E-state index contributed by atoms with van der Waals surface area (Å²) in [4.78, 5) is 20.4. The van der Waals surface area contributed by atoms with Gasteiger partial charge in [-0.05, 0) is 12.8 Å². The molecular formula is C10H19O10P. The van der Waals surface area contributed by atoms with Crippen molar-refractivity contribution in [3.63, 3.8) is 0 Å². The second-order valence-corrected chi connectivity index (χ2v) is 5.31. The first-order valence-corrected chi connectivity index (χ1v) is 7.58. The summed E-state index contributed by atoms with van der Waals surface area (Å²) in [5, 5.41) is 16.6. The van der Waals surface area contributed by atoms with E-state index in [0.717, 1.165) is 6.42 Å². The quantitative estimate of drug-likeness (QED) is 0.330. The molecule has 2 N–H and O–H groups in total. The Morgan fingerprint density at radius 1 is 1.05 bits per heavy atom. The molecule has 0 aliphatic rings. The Kier molecular flexibility index (Phi) is 9.72. The lowest BCUT2D eigenvalue weighted by atomic mass is 10.2. The fourth-order valence-electron chi connectivity index (χ4n) is 1.22. The van der Waals surface area contributed by atoms with E-state index in [2.05, 4.69) is 18.5 Å². The zero-order chi connectivity index (χ0) is 16.3. The summed E-state index contributed by atoms with van der Waals surface area (Å²) in [6.07, 6.45) is -1.92. The van der Waals surface area contributed by atoms with Gasteiger partial charge in [-0.2, -0.15) is 0 Å². The second kappa shape index (κ2) is 10.4. The number of rotatable bonds is 11. The van der Waals surface area contributed by atoms with Gasteiger partial charge in [0.2, 0.25) is 13.6 Å². The number of hydrogen-bond donors (Lipinski definition) is 2. The van der Waals surface area contributed by atoms with Gasteiger partial charge in [-0.15, -0.1) is 0 Å². The normalized spacial score (nSPS) is 12.7. The van der Waals surface area contributed by atoms with Crippen LogP contribution in [0, 0.1) is 0 Å². The third-order valence-electron chi connectivity index (χ3n) is 2.13. The third kappa shape index (κ3) is 10.1. The van der Waals surface area contributed by atoms with Crippen LogP contribution >= 0.6 is 7.82 Å². The Morgan fingerprint density at radius 2 is 1.52 bits per heavy atom. The van der Waals surface area contributed by atoms with Gasteiger partial charge < -0.3 is 19.7 Å². The van der Waals surface area contributed by atoms with Crippen molar-refractivity contribution in [2.24, 2.45) is 0 Å². The van der Waals surface area contributed by atoms with Crippen LogP contribution in [0.5, 0.6) is 0 Å². The highest BCUT2D eigenvalue weighted by atomic mass is 31.2. The Hall–Kier alpha value is -1.35. The predicted molar refractivity (Wildman–Crippen MR) is 67.8 cm³/mol. The molecule has 124 valence electrons. The van der Waals surface area contributed by atoms with Gasteiger partial charge in [-0.3, -0.25) is 4.52 Å². The van der Waals surface area contributed by atoms with Gasteiger partial charge in [0.25, 0.3) is 0 Å². The lowest BCUT2D eigenvalue weighted by Gasteiger charge is -2.22. The average molecular weight is 330 g/mol. The first kappa shape index (κ1) is 19.7. The maximum atomic E-state index is 12.2. The van der Waals surface area contributed by atoms with Crippen molar-refractivity contribution >= 4 is 20.1 Å². The van der Waals surface area contributed by atoms with Crippen molar-refractivity contribution < 1.29 is 47.4 Å². The molecule has 0 fully saturated rings. The number of carboxylic acid groups (broad SMARTS) is 2. The molecule has 0 aliphatic heterocycles. The largest absolute Gasteiger partial charge is 0.507 e. The van der Waals surface area contributed by atoms with Crippen LogP contribution in [0.1, 0.15) is 33.1 Å². The monoisotopic (exact) mass is 330 g/mol. The molecule has 1 atom stereocenters. The van der Waals surface area contributed by atoms with Gasteiger partial charge in [0.05, 0.1) is 6.10 Å². The molecular weight excluding hydrogens is 311 g/mol. The summed E-state index contributed by atoms with van der Waals surface area (Å²) in [5.41, 5.74) is 0. The molecule has 10 nitrogen and oxygen atoms in total. The summed E-state index contributed by atoms with van der Waals surface area (Å²) in [6, 6.07) is 0. The molecule has 0 radical (unpaired) electrons. The molecule has 0 bridgehead atoms. The van der Waals surface area contributed by atoms with Crippen LogP contribution in [0.25, 0.3) is 0 Å². The van der Waals surface area contributed by atoms with Crippen molar-refractivity contribution in [1.82, 2.24) is 0 Å². The van der Waals surface area contributed by atoms with Crippen molar-refractivity contribution in [3.05, 3.63) is 0 Å². The Balaban J connectivity index is 4.59. The number of ether oxygens (including phenoxy) is 2. The zero-order valence-corrected chi connectivity index (χ0v) is 12.6. The van der Waals surface area contributed by atoms with E-state index in [0.29, 0.717) is 12.8 Å². The molecule has 0 saturated carbocycles. The second-order valence-electron chi connectivity index (χ2n) is 3.69. The first-order chi connectivity index (χ1) is 9.83. The van der Waals surface area contributed by atoms with Gasteiger partial charge in [0.1, 0.15) is 0 Å². The van der Waals surface area contributed by atoms with Gasteiger partial charge in [-0.1, -0.05) is 20.3 Å². The van der Waals surface area contributed by atoms with E-state index < -0.39 is 39.8 Å². The standard InChI is InChI=1S/C10H19O10P/c1-3-5-8(4-2)20-21(15,18-6-16-9(11)12)19-7-17-10(13)14/h8H,3-7H2,1-2H3,(H,11,12)(H,13,14). The molecule has 11 heteroatoms. The Labute approximate surface area is 121 Å². The van der Waals surface area contributed by atoms with E-state index in [9.17, 15) is 14.2 Å². The fourth-order valence-corrected chi connectivity index (χ4v) is 2.40. The fraction of sp³-hybridized carbons (Fsp3) is 0.800. The molecule has 0 spiro atoms. The van der Waals surface area contributed by atoms with E-state index in [-0.39, 0.29) is 0 Å². The molecule has 0 rings (SSSR count). The van der Waals surface area contributed by atoms with Crippen molar-refractivity contribution in [2.75, 3.05) is 13.6 Å². The van der Waals surface area contributed by atoms with Crippen molar-refractivity contribution in [1.29, 1.82) is 0 Å². The van der Waals surface area contributed by atoms with Crippen LogP contribution in [0.2, 0.25) is 0 Å². The maximum absolute atomic E-state index is 12.2. The molecule has 0 aromatic heterocycles. The van der Waals surface area contributed by atoms with Crippen LogP contribution in [-0.4, -0.2) is 42.2 Å². The SMILES string of the molecule is CCCC(CC)OP(=O)(OCOC(=O)O)OCOC(=O)O. The number of phosphoric ester groups is 1. The molecule has 0 heterocycles. The van der Waals surface area contributed by atoms with Crippen LogP contribution < -0.4 is 0 Å². The number of phosphoric acid groups is 1. The molecule has 21 heavy (non-hydrogen) atoms. The Bertz CT molecular complexity index is 347. The van der Waals surface area contributed by atoms with Crippen LogP contribution in [0.4, 0.5) is 9.59 Å². The summed E-state index contributed by atoms with van der Waals surface area (Å²) in [6.45, 7) is 1.90. The summed E-state index contributed by atoms with van der Waals surface area (Å²) < 4.78 is 34.7. The Morgan fingerprint density at radius 3 is 1.86 bits per heavy atom. The summed E-state index contributed by atoms with van der Waals surface area (Å²) >= 11 is 0. The van der Waals surface area contributed by atoms with Gasteiger partial charge >= 0.3 is 20.1 Å². The average Bonchev–Trinajstić information content (AvgIpc) is 2.37. The minimum absolute atomic E-state index is 0.463. The summed E-state index contributed by atoms with van der Waals surface area (Å²) in [7, 11) is -4.21. The summed E-state index contributed by atoms with van der Waals surface area (Å²) in [5.74, 6) is 0. The van der Waals surface area contributed by atoms with Gasteiger partial charge in [-0.25, -0.2) is 23.2 Å². The van der Waals surface area contributed by atoms with Crippen LogP contribution in [0.15, 0.2) is 0 Å². The topological polar surface area (TPSA) is 138 Å². The first-order valence-electron chi connectivity index (χ1n) is 6.12. The number of carbonyl (C=O) groups is 2. The minimum atomic E-state index is -4.21. The minimum Gasteiger partial charge on any atom is -0.450 e. The molecule has 0 aromatic carbocycles. The van der Waals surface area contributed by atoms with E-state index in [1.165, 1.54) is 0 Å². The zero-order valence-electron chi connectivity index (χ0n) is 11.7. The predicted octanol–water partition coefficient (Wildman–Crippen LogP) is 3.03. The van der Waals surface area contributed by atoms with Gasteiger partial charge in [0.15, 0.2) is 0 Å². The van der Waals surface area contributed by atoms with E-state index in [1.54, 1.807) is 6.92 Å². The maximum Gasteiger partial charge on any atom is 0.507 e. The number of hydrogen-bond acceptors (Lipinski definition) is 8. The smallest absolute Gasteiger partial charge is 0.450 e. The molecule has 0 saturated heterocycles. The third-order valence-corrected chi connectivity index (χ3v) is 3.53. The highest BCUT2D eigenvalue weighted by Crippen LogP contribution is 2.51. The lowest BCUT2D eigenvalue weighted by molar-refractivity contribution is -0.0351. The van der Waals surface area contributed by atoms with E-state index in [1.807, 2.05) is 6.92 Å². The van der Waals surface area contributed by atoms with E-state index >= 15 is 0 Å². The highest BCUT2D eigenvalue weighted by molar-refractivity contribution is 7.48.